The van der Waals surface area contributed by atoms with Crippen LogP contribution < -0.4 is 0 Å². The van der Waals surface area contributed by atoms with E-state index in [0.717, 1.165) is 57.8 Å². The van der Waals surface area contributed by atoms with Gasteiger partial charge in [-0.25, -0.2) is 0 Å². The number of carbonyl (C=O) groups excluding carboxylic acids is 3. The number of carbonyl (C=O) groups is 3. The number of rotatable bonds is 55. The Hall–Kier alpha value is -1.85. The molecule has 0 bridgehead atoms. The molecule has 0 aliphatic rings. The van der Waals surface area contributed by atoms with E-state index in [1.807, 2.05) is 0 Å². The van der Waals surface area contributed by atoms with Crippen LogP contribution in [0.2, 0.25) is 0 Å². The van der Waals surface area contributed by atoms with E-state index in [0.29, 0.717) is 19.3 Å². The molecule has 6 nitrogen and oxygen atoms in total. The van der Waals surface area contributed by atoms with Crippen molar-refractivity contribution in [2.24, 2.45) is 0 Å². The normalized spacial score (nSPS) is 12.0. The van der Waals surface area contributed by atoms with E-state index >= 15 is 0 Å². The van der Waals surface area contributed by atoms with Gasteiger partial charge in [0.25, 0.3) is 0 Å². The minimum absolute atomic E-state index is 0.0651. The van der Waals surface area contributed by atoms with E-state index in [9.17, 15) is 14.4 Å². The van der Waals surface area contributed by atoms with Crippen LogP contribution >= 0.6 is 0 Å². The van der Waals surface area contributed by atoms with Crippen molar-refractivity contribution in [1.29, 1.82) is 0 Å². The average molecular weight is 932 g/mol. The van der Waals surface area contributed by atoms with Crippen molar-refractivity contribution in [1.82, 2.24) is 0 Å². The molecular weight excluding hydrogens is 817 g/mol. The third-order valence-electron chi connectivity index (χ3n) is 13.5. The fourth-order valence-electron chi connectivity index (χ4n) is 9.03. The van der Waals surface area contributed by atoms with Crippen LogP contribution in [0.3, 0.4) is 0 Å². The maximum absolute atomic E-state index is 12.8. The minimum atomic E-state index is -0.766. The van der Waals surface area contributed by atoms with Crippen LogP contribution in [0.25, 0.3) is 0 Å². The summed E-state index contributed by atoms with van der Waals surface area (Å²) < 4.78 is 16.9. The number of allylic oxidation sites excluding steroid dienone is 2. The summed E-state index contributed by atoms with van der Waals surface area (Å²) in [7, 11) is 0. The topological polar surface area (TPSA) is 78.9 Å². The molecule has 0 spiro atoms. The molecule has 0 radical (unpaired) electrons. The molecule has 0 rings (SSSR count). The summed E-state index contributed by atoms with van der Waals surface area (Å²) in [4.78, 5) is 38.1. The van der Waals surface area contributed by atoms with Gasteiger partial charge in [0.15, 0.2) is 6.10 Å². The van der Waals surface area contributed by atoms with Gasteiger partial charge in [-0.15, -0.1) is 0 Å². The fraction of sp³-hybridized carbons (Fsp3) is 0.917. The maximum atomic E-state index is 12.8. The van der Waals surface area contributed by atoms with Gasteiger partial charge < -0.3 is 14.2 Å². The van der Waals surface area contributed by atoms with Gasteiger partial charge in [0, 0.05) is 19.3 Å². The van der Waals surface area contributed by atoms with E-state index in [4.69, 9.17) is 14.2 Å². The molecule has 1 atom stereocenters. The molecule has 390 valence electrons. The molecular formula is C60H114O6. The zero-order valence-electron chi connectivity index (χ0n) is 44.7. The first-order valence-corrected chi connectivity index (χ1v) is 29.7. The highest BCUT2D eigenvalue weighted by Crippen LogP contribution is 2.17. The Morgan fingerprint density at radius 1 is 0.288 bits per heavy atom. The summed E-state index contributed by atoms with van der Waals surface area (Å²) in [5.74, 6) is -0.845. The number of ether oxygens (including phenoxy) is 3. The first-order valence-electron chi connectivity index (χ1n) is 29.7. The Balaban J connectivity index is 4.26. The lowest BCUT2D eigenvalue weighted by Crippen LogP contribution is -2.30. The van der Waals surface area contributed by atoms with Crippen LogP contribution in [0.15, 0.2) is 12.2 Å². The first-order chi connectivity index (χ1) is 32.5. The molecule has 0 aromatic heterocycles. The first kappa shape index (κ1) is 64.2. The summed E-state index contributed by atoms with van der Waals surface area (Å²) in [6.07, 6.45) is 63.5. The highest BCUT2D eigenvalue weighted by Gasteiger charge is 2.19. The predicted molar refractivity (Wildman–Crippen MR) is 284 cm³/mol. The molecule has 0 amide bonds. The third-order valence-corrected chi connectivity index (χ3v) is 13.5. The van der Waals surface area contributed by atoms with Crippen LogP contribution in [0.1, 0.15) is 335 Å². The Morgan fingerprint density at radius 2 is 0.500 bits per heavy atom. The van der Waals surface area contributed by atoms with Gasteiger partial charge in [-0.3, -0.25) is 14.4 Å². The number of hydrogen-bond donors (Lipinski definition) is 0. The Morgan fingerprint density at radius 3 is 0.758 bits per heavy atom. The summed E-state index contributed by atoms with van der Waals surface area (Å²) in [5, 5.41) is 0. The van der Waals surface area contributed by atoms with Crippen LogP contribution in [0.4, 0.5) is 0 Å². The van der Waals surface area contributed by atoms with Crippen molar-refractivity contribution in [3.8, 4) is 0 Å². The molecule has 0 fully saturated rings. The van der Waals surface area contributed by atoms with Crippen molar-refractivity contribution < 1.29 is 28.6 Å². The molecule has 0 N–H and O–H groups in total. The van der Waals surface area contributed by atoms with Gasteiger partial charge >= 0.3 is 17.9 Å². The number of unbranched alkanes of at least 4 members (excludes halogenated alkanes) is 42. The Labute approximate surface area is 411 Å². The van der Waals surface area contributed by atoms with Gasteiger partial charge in [-0.1, -0.05) is 283 Å². The predicted octanol–water partition coefficient (Wildman–Crippen LogP) is 19.7. The van der Waals surface area contributed by atoms with E-state index in [1.54, 1.807) is 0 Å². The number of hydrogen-bond acceptors (Lipinski definition) is 6. The lowest BCUT2D eigenvalue weighted by atomic mass is 10.0. The van der Waals surface area contributed by atoms with Crippen molar-refractivity contribution in [2.45, 2.75) is 341 Å². The SMILES string of the molecule is CCCCCCCC/C=C\CCCCCCCCCC(=O)OC[C@H](COC(=O)CCCCCCCCCCCCCCCCCCCCC)OC(=O)CCCCCCCCCCCCCC. The third kappa shape index (κ3) is 53.1. The van der Waals surface area contributed by atoms with Crippen LogP contribution in [0, 0.1) is 0 Å². The lowest BCUT2D eigenvalue weighted by Gasteiger charge is -2.18. The Kier molecular flexibility index (Phi) is 54.2. The maximum Gasteiger partial charge on any atom is 0.306 e. The van der Waals surface area contributed by atoms with Crippen LogP contribution in [-0.2, 0) is 28.6 Å². The summed E-state index contributed by atoms with van der Waals surface area (Å²) in [5.41, 5.74) is 0. The van der Waals surface area contributed by atoms with E-state index in [-0.39, 0.29) is 31.1 Å². The van der Waals surface area contributed by atoms with E-state index < -0.39 is 6.10 Å². The van der Waals surface area contributed by atoms with Crippen molar-refractivity contribution >= 4 is 17.9 Å². The molecule has 0 aliphatic carbocycles. The van der Waals surface area contributed by atoms with Crippen molar-refractivity contribution in [3.05, 3.63) is 12.2 Å². The summed E-state index contributed by atoms with van der Waals surface area (Å²) in [6.45, 7) is 6.69. The molecule has 6 heteroatoms. The van der Waals surface area contributed by atoms with Crippen LogP contribution in [0.5, 0.6) is 0 Å². The van der Waals surface area contributed by atoms with Crippen molar-refractivity contribution in [3.63, 3.8) is 0 Å². The molecule has 0 aromatic rings. The second-order valence-corrected chi connectivity index (χ2v) is 20.3. The lowest BCUT2D eigenvalue weighted by molar-refractivity contribution is -0.167. The minimum Gasteiger partial charge on any atom is -0.462 e. The quantitative estimate of drug-likeness (QED) is 0.0262. The van der Waals surface area contributed by atoms with Gasteiger partial charge in [0.05, 0.1) is 0 Å². The van der Waals surface area contributed by atoms with Crippen LogP contribution in [-0.4, -0.2) is 37.2 Å². The molecule has 0 heterocycles. The second kappa shape index (κ2) is 55.7. The molecule has 0 aliphatic heterocycles. The number of esters is 3. The largest absolute Gasteiger partial charge is 0.462 e. The van der Waals surface area contributed by atoms with Gasteiger partial charge in [0.2, 0.25) is 0 Å². The zero-order valence-corrected chi connectivity index (χ0v) is 44.7. The molecule has 0 unspecified atom stereocenters. The van der Waals surface area contributed by atoms with Gasteiger partial charge in [-0.05, 0) is 44.9 Å². The highest BCUT2D eigenvalue weighted by molar-refractivity contribution is 5.71. The average Bonchev–Trinajstić information content (AvgIpc) is 3.31. The van der Waals surface area contributed by atoms with E-state index in [1.165, 1.54) is 238 Å². The smallest absolute Gasteiger partial charge is 0.306 e. The van der Waals surface area contributed by atoms with E-state index in [2.05, 4.69) is 32.9 Å². The Bertz CT molecular complexity index is 1020. The second-order valence-electron chi connectivity index (χ2n) is 20.3. The molecule has 0 saturated heterocycles. The monoisotopic (exact) mass is 931 g/mol. The molecule has 66 heavy (non-hydrogen) atoms. The standard InChI is InChI=1S/C60H114O6/c1-4-7-10-13-16-19-22-25-27-29-30-32-34-36-39-41-44-47-50-53-59(62)65-56-57(66-60(63)54-51-48-45-42-37-24-21-18-15-12-9-6-3)55-64-58(61)52-49-46-43-40-38-35-33-31-28-26-23-20-17-14-11-8-5-2/h26,28,57H,4-25,27,29-56H2,1-3H3/b28-26-/t57-/m1/s1. The molecule has 0 saturated carbocycles. The fourth-order valence-corrected chi connectivity index (χ4v) is 9.03. The highest BCUT2D eigenvalue weighted by atomic mass is 16.6. The van der Waals surface area contributed by atoms with Crippen molar-refractivity contribution in [2.75, 3.05) is 13.2 Å². The summed E-state index contributed by atoms with van der Waals surface area (Å²) >= 11 is 0. The summed E-state index contributed by atoms with van der Waals surface area (Å²) in [6, 6.07) is 0. The molecule has 0 aromatic carbocycles. The van der Waals surface area contributed by atoms with Gasteiger partial charge in [0.1, 0.15) is 13.2 Å². The van der Waals surface area contributed by atoms with Gasteiger partial charge in [-0.2, -0.15) is 0 Å². The zero-order chi connectivity index (χ0) is 47.9.